The Morgan fingerprint density at radius 1 is 1.24 bits per heavy atom. The molecular formula is C18H25NO2. The number of ketones is 1. The van der Waals surface area contributed by atoms with Gasteiger partial charge < -0.3 is 4.42 Å². The Labute approximate surface area is 126 Å². The van der Waals surface area contributed by atoms with Crippen LogP contribution in [0.15, 0.2) is 34.9 Å². The monoisotopic (exact) mass is 287 g/mol. The van der Waals surface area contributed by atoms with E-state index in [0.29, 0.717) is 18.2 Å². The maximum atomic E-state index is 12.6. The van der Waals surface area contributed by atoms with Crippen molar-refractivity contribution in [2.75, 3.05) is 13.1 Å². The zero-order valence-electron chi connectivity index (χ0n) is 13.3. The molecule has 0 aliphatic rings. The minimum Gasteiger partial charge on any atom is -0.464 e. The van der Waals surface area contributed by atoms with Gasteiger partial charge in [-0.2, -0.15) is 0 Å². The molecule has 0 aliphatic carbocycles. The van der Waals surface area contributed by atoms with Gasteiger partial charge in [-0.05, 0) is 32.9 Å². The van der Waals surface area contributed by atoms with Crippen LogP contribution in [0.5, 0.6) is 0 Å². The van der Waals surface area contributed by atoms with Gasteiger partial charge in [0.2, 0.25) is 0 Å². The molecule has 114 valence electrons. The number of unbranched alkanes of at least 4 members (excludes halogenated alkanes) is 2. The number of carbonyl (C=O) groups is 1. The molecule has 0 fully saturated rings. The predicted octanol–water partition coefficient (Wildman–Crippen LogP) is 4.52. The Morgan fingerprint density at radius 2 is 2.00 bits per heavy atom. The van der Waals surface area contributed by atoms with E-state index >= 15 is 0 Å². The fraction of sp³-hybridized carbons (Fsp3) is 0.500. The molecule has 0 radical (unpaired) electrons. The van der Waals surface area contributed by atoms with E-state index < -0.39 is 0 Å². The van der Waals surface area contributed by atoms with E-state index in [-0.39, 0.29) is 5.78 Å². The van der Waals surface area contributed by atoms with Crippen LogP contribution in [-0.4, -0.2) is 29.8 Å². The van der Waals surface area contributed by atoms with Crippen LogP contribution in [0.1, 0.15) is 50.4 Å². The fourth-order valence-electron chi connectivity index (χ4n) is 2.55. The van der Waals surface area contributed by atoms with E-state index in [4.69, 9.17) is 4.42 Å². The molecule has 1 aromatic heterocycles. The topological polar surface area (TPSA) is 33.5 Å². The van der Waals surface area contributed by atoms with Gasteiger partial charge in [0.25, 0.3) is 0 Å². The van der Waals surface area contributed by atoms with Gasteiger partial charge >= 0.3 is 0 Å². The normalized spacial score (nSPS) is 11.7. The summed E-state index contributed by atoms with van der Waals surface area (Å²) in [6, 6.07) is 8.08. The zero-order chi connectivity index (χ0) is 15.2. The van der Waals surface area contributed by atoms with Crippen molar-refractivity contribution in [2.24, 2.45) is 0 Å². The first-order valence-electron chi connectivity index (χ1n) is 7.87. The smallest absolute Gasteiger partial charge is 0.180 e. The lowest BCUT2D eigenvalue weighted by Crippen LogP contribution is -2.36. The average Bonchev–Trinajstić information content (AvgIpc) is 2.90. The highest BCUT2D eigenvalue weighted by atomic mass is 16.3. The van der Waals surface area contributed by atoms with Crippen molar-refractivity contribution in [3.63, 3.8) is 0 Å². The molecule has 21 heavy (non-hydrogen) atoms. The number of hydrogen-bond acceptors (Lipinski definition) is 3. The van der Waals surface area contributed by atoms with Gasteiger partial charge in [-0.25, -0.2) is 0 Å². The molecule has 0 saturated carbocycles. The van der Waals surface area contributed by atoms with E-state index in [1.807, 2.05) is 24.3 Å². The van der Waals surface area contributed by atoms with Crippen LogP contribution in [0.25, 0.3) is 11.0 Å². The molecule has 2 aromatic rings. The number of para-hydroxylation sites is 1. The maximum absolute atomic E-state index is 12.6. The predicted molar refractivity (Wildman–Crippen MR) is 86.8 cm³/mol. The molecule has 3 heteroatoms. The summed E-state index contributed by atoms with van der Waals surface area (Å²) < 4.78 is 5.47. The summed E-state index contributed by atoms with van der Waals surface area (Å²) in [5.41, 5.74) is 1.48. The van der Waals surface area contributed by atoms with Crippen LogP contribution in [0, 0.1) is 0 Å². The Kier molecular flexibility index (Phi) is 5.57. The molecule has 0 saturated heterocycles. The molecule has 0 bridgehead atoms. The second-order valence-corrected chi connectivity index (χ2v) is 5.84. The quantitative estimate of drug-likeness (QED) is 0.529. The van der Waals surface area contributed by atoms with Crippen molar-refractivity contribution in [3.05, 3.63) is 36.1 Å². The summed E-state index contributed by atoms with van der Waals surface area (Å²) in [5, 5.41) is 0.916. The highest BCUT2D eigenvalue weighted by Crippen LogP contribution is 2.21. The van der Waals surface area contributed by atoms with Crippen LogP contribution in [0.2, 0.25) is 0 Å². The molecule has 1 heterocycles. The van der Waals surface area contributed by atoms with Crippen molar-refractivity contribution in [1.29, 1.82) is 0 Å². The molecule has 0 atom stereocenters. The summed E-state index contributed by atoms with van der Waals surface area (Å²) >= 11 is 0. The van der Waals surface area contributed by atoms with Crippen molar-refractivity contribution >= 4 is 16.8 Å². The number of hydrogen-bond donors (Lipinski definition) is 0. The lowest BCUT2D eigenvalue weighted by molar-refractivity contribution is 0.0904. The molecule has 3 nitrogen and oxygen atoms in total. The Balaban J connectivity index is 2.08. The number of Topliss-reactive ketones (excluding diaryl/α,β-unsaturated/α-hetero) is 1. The van der Waals surface area contributed by atoms with Crippen LogP contribution in [-0.2, 0) is 0 Å². The van der Waals surface area contributed by atoms with Crippen molar-refractivity contribution in [1.82, 2.24) is 4.90 Å². The molecule has 0 amide bonds. The number of carbonyl (C=O) groups excluding carboxylic acids is 1. The largest absolute Gasteiger partial charge is 0.464 e. The first-order valence-corrected chi connectivity index (χ1v) is 7.87. The minimum atomic E-state index is 0.144. The number of rotatable bonds is 8. The minimum absolute atomic E-state index is 0.144. The van der Waals surface area contributed by atoms with E-state index in [9.17, 15) is 4.79 Å². The molecule has 0 spiro atoms. The fourth-order valence-corrected chi connectivity index (χ4v) is 2.55. The third-order valence-electron chi connectivity index (χ3n) is 3.91. The second kappa shape index (κ2) is 7.41. The first-order chi connectivity index (χ1) is 10.1. The van der Waals surface area contributed by atoms with Gasteiger partial charge in [0, 0.05) is 11.4 Å². The van der Waals surface area contributed by atoms with E-state index in [0.717, 1.165) is 23.9 Å². The molecular weight excluding hydrogens is 262 g/mol. The summed E-state index contributed by atoms with van der Waals surface area (Å²) in [7, 11) is 0. The number of benzene rings is 1. The molecule has 1 aromatic carbocycles. The summed E-state index contributed by atoms with van der Waals surface area (Å²) in [6.45, 7) is 7.93. The highest BCUT2D eigenvalue weighted by Gasteiger charge is 2.18. The second-order valence-electron chi connectivity index (χ2n) is 5.84. The van der Waals surface area contributed by atoms with Gasteiger partial charge in [-0.1, -0.05) is 38.0 Å². The molecule has 2 rings (SSSR count). The molecule has 0 unspecified atom stereocenters. The van der Waals surface area contributed by atoms with Crippen molar-refractivity contribution in [3.8, 4) is 0 Å². The Bertz CT molecular complexity index is 586. The van der Waals surface area contributed by atoms with Gasteiger partial charge in [0.15, 0.2) is 5.78 Å². The van der Waals surface area contributed by atoms with Crippen LogP contribution >= 0.6 is 0 Å². The summed E-state index contributed by atoms with van der Waals surface area (Å²) in [6.07, 6.45) is 5.16. The standard InChI is InChI=1S/C18H25NO2/c1-4-5-8-11-19(14(2)3)12-17(20)16-13-21-18-10-7-6-9-15(16)18/h6-7,9-10,13-14H,4-5,8,11-12H2,1-3H3. The maximum Gasteiger partial charge on any atom is 0.180 e. The van der Waals surface area contributed by atoms with Crippen LogP contribution in [0.4, 0.5) is 0 Å². The van der Waals surface area contributed by atoms with Gasteiger partial charge in [0.1, 0.15) is 11.8 Å². The number of furan rings is 1. The number of fused-ring (bicyclic) bond motifs is 1. The zero-order valence-corrected chi connectivity index (χ0v) is 13.3. The Morgan fingerprint density at radius 3 is 2.71 bits per heavy atom. The first kappa shape index (κ1) is 15.8. The van der Waals surface area contributed by atoms with Crippen LogP contribution in [0.3, 0.4) is 0 Å². The van der Waals surface area contributed by atoms with E-state index in [1.54, 1.807) is 6.26 Å². The van der Waals surface area contributed by atoms with Gasteiger partial charge in [-0.3, -0.25) is 9.69 Å². The van der Waals surface area contributed by atoms with Crippen molar-refractivity contribution < 1.29 is 9.21 Å². The lowest BCUT2D eigenvalue weighted by atomic mass is 10.1. The number of nitrogens with zero attached hydrogens (tertiary/aromatic N) is 1. The summed E-state index contributed by atoms with van der Waals surface area (Å²) in [5.74, 6) is 0.144. The molecule has 0 aliphatic heterocycles. The Hall–Kier alpha value is -1.61. The van der Waals surface area contributed by atoms with Crippen LogP contribution < -0.4 is 0 Å². The third kappa shape index (κ3) is 3.94. The van der Waals surface area contributed by atoms with E-state index in [1.165, 1.54) is 12.8 Å². The molecule has 0 N–H and O–H groups in total. The van der Waals surface area contributed by atoms with Gasteiger partial charge in [0.05, 0.1) is 12.1 Å². The van der Waals surface area contributed by atoms with Gasteiger partial charge in [-0.15, -0.1) is 0 Å². The highest BCUT2D eigenvalue weighted by molar-refractivity contribution is 6.08. The summed E-state index contributed by atoms with van der Waals surface area (Å²) in [4.78, 5) is 14.8. The third-order valence-corrected chi connectivity index (χ3v) is 3.91. The van der Waals surface area contributed by atoms with Crippen molar-refractivity contribution in [2.45, 2.75) is 46.1 Å². The average molecular weight is 287 g/mol. The SMILES string of the molecule is CCCCCN(CC(=O)c1coc2ccccc12)C(C)C. The van der Waals surface area contributed by atoms with E-state index in [2.05, 4.69) is 25.7 Å². The lowest BCUT2D eigenvalue weighted by Gasteiger charge is -2.25.